The first-order valence-corrected chi connectivity index (χ1v) is 11.1. The fourth-order valence-corrected chi connectivity index (χ4v) is 3.63. The van der Waals surface area contributed by atoms with E-state index in [0.29, 0.717) is 29.3 Å². The summed E-state index contributed by atoms with van der Waals surface area (Å²) in [5.74, 6) is 0.0749. The monoisotopic (exact) mass is 474 g/mol. The predicted octanol–water partition coefficient (Wildman–Crippen LogP) is 3.83. The number of fused-ring (bicyclic) bond motifs is 1. The number of amides is 1. The highest BCUT2D eigenvalue weighted by atomic mass is 19.3. The Morgan fingerprint density at radius 3 is 2.71 bits per heavy atom. The molecule has 8 nitrogen and oxygen atoms in total. The lowest BCUT2D eigenvalue weighted by molar-refractivity contribution is -0.0502. The van der Waals surface area contributed by atoms with E-state index in [1.165, 1.54) is 13.2 Å². The Morgan fingerprint density at radius 1 is 1.26 bits per heavy atom. The van der Waals surface area contributed by atoms with E-state index in [1.807, 2.05) is 26.2 Å². The third kappa shape index (κ3) is 5.56. The number of aromatic nitrogens is 2. The Bertz CT molecular complexity index is 1160. The number of hydrogen-bond donors (Lipinski definition) is 1. The van der Waals surface area contributed by atoms with Gasteiger partial charge < -0.3 is 24.4 Å². The lowest BCUT2D eigenvalue weighted by Gasteiger charge is -2.16. The highest BCUT2D eigenvalue weighted by Crippen LogP contribution is 2.37. The number of hydrogen-bond acceptors (Lipinski definition) is 6. The Labute approximate surface area is 196 Å². The SMILES string of the molecule is COc1cc(-c2cnc3cc(OCCCN(C)C)ccn23)cc(OC(F)F)c1C(=O)NC1CC1. The second-order valence-corrected chi connectivity index (χ2v) is 8.42. The standard InChI is InChI=1S/C24H28F2N4O4/c1-29(2)8-4-10-33-17-7-9-30-18(14-27-21(30)13-17)15-11-19(32-3)22(20(12-15)34-24(25)26)23(31)28-16-5-6-16/h7,9,11-14,16,24H,4-6,8,10H2,1-3H3,(H,28,31). The largest absolute Gasteiger partial charge is 0.496 e. The molecule has 10 heteroatoms. The van der Waals surface area contributed by atoms with E-state index in [4.69, 9.17) is 14.2 Å². The number of nitrogens with one attached hydrogen (secondary N) is 1. The molecule has 0 spiro atoms. The lowest BCUT2D eigenvalue weighted by Crippen LogP contribution is -2.26. The fraction of sp³-hybridized carbons (Fsp3) is 0.417. The fourth-order valence-electron chi connectivity index (χ4n) is 3.63. The number of imidazole rings is 1. The third-order valence-electron chi connectivity index (χ3n) is 5.44. The van der Waals surface area contributed by atoms with Crippen LogP contribution in [0.3, 0.4) is 0 Å². The molecule has 3 aromatic rings. The van der Waals surface area contributed by atoms with Gasteiger partial charge in [0.05, 0.1) is 25.6 Å². The van der Waals surface area contributed by atoms with E-state index in [9.17, 15) is 13.6 Å². The van der Waals surface area contributed by atoms with Gasteiger partial charge in [-0.1, -0.05) is 0 Å². The predicted molar refractivity (Wildman–Crippen MR) is 123 cm³/mol. The van der Waals surface area contributed by atoms with Crippen molar-refractivity contribution in [3.63, 3.8) is 0 Å². The van der Waals surface area contributed by atoms with Crippen molar-refractivity contribution >= 4 is 11.6 Å². The van der Waals surface area contributed by atoms with Gasteiger partial charge in [-0.15, -0.1) is 0 Å². The van der Waals surface area contributed by atoms with Gasteiger partial charge in [0.2, 0.25) is 0 Å². The molecule has 1 N–H and O–H groups in total. The maximum absolute atomic E-state index is 13.2. The van der Waals surface area contributed by atoms with Crippen LogP contribution in [0.4, 0.5) is 8.78 Å². The number of halogens is 2. The normalized spacial score (nSPS) is 13.5. The summed E-state index contributed by atoms with van der Waals surface area (Å²) in [6.45, 7) is -1.59. The van der Waals surface area contributed by atoms with Crippen LogP contribution in [-0.4, -0.2) is 67.2 Å². The van der Waals surface area contributed by atoms with Crippen LogP contribution in [-0.2, 0) is 0 Å². The number of nitrogens with zero attached hydrogens (tertiary/aromatic N) is 3. The maximum Gasteiger partial charge on any atom is 0.387 e. The molecule has 182 valence electrons. The van der Waals surface area contributed by atoms with Crippen LogP contribution in [0.2, 0.25) is 0 Å². The summed E-state index contributed by atoms with van der Waals surface area (Å²) in [7, 11) is 5.40. The van der Waals surface area contributed by atoms with Crippen LogP contribution >= 0.6 is 0 Å². The summed E-state index contributed by atoms with van der Waals surface area (Å²) >= 11 is 0. The first-order valence-electron chi connectivity index (χ1n) is 11.1. The van der Waals surface area contributed by atoms with Crippen molar-refractivity contribution in [3.8, 4) is 28.5 Å². The average molecular weight is 475 g/mol. The zero-order valence-electron chi connectivity index (χ0n) is 19.4. The number of pyridine rings is 1. The van der Waals surface area contributed by atoms with E-state index >= 15 is 0 Å². The van der Waals surface area contributed by atoms with Gasteiger partial charge in [0, 0.05) is 30.4 Å². The van der Waals surface area contributed by atoms with Crippen LogP contribution in [0.1, 0.15) is 29.6 Å². The van der Waals surface area contributed by atoms with E-state index in [0.717, 1.165) is 25.8 Å². The maximum atomic E-state index is 13.2. The number of carbonyl (C=O) groups is 1. The van der Waals surface area contributed by atoms with Gasteiger partial charge in [-0.05, 0) is 51.6 Å². The molecule has 0 saturated heterocycles. The quantitative estimate of drug-likeness (QED) is 0.426. The average Bonchev–Trinajstić information content (AvgIpc) is 3.50. The van der Waals surface area contributed by atoms with Gasteiger partial charge in [-0.25, -0.2) is 4.98 Å². The molecule has 1 fully saturated rings. The van der Waals surface area contributed by atoms with Crippen molar-refractivity contribution in [1.29, 1.82) is 0 Å². The van der Waals surface area contributed by atoms with E-state index in [1.54, 1.807) is 22.9 Å². The van der Waals surface area contributed by atoms with Gasteiger partial charge in [0.15, 0.2) is 0 Å². The summed E-state index contributed by atoms with van der Waals surface area (Å²) < 4.78 is 44.1. The summed E-state index contributed by atoms with van der Waals surface area (Å²) in [6.07, 6.45) is 6.04. The summed E-state index contributed by atoms with van der Waals surface area (Å²) in [5.41, 5.74) is 1.72. The highest BCUT2D eigenvalue weighted by molar-refractivity contribution is 6.01. The van der Waals surface area contributed by atoms with E-state index in [2.05, 4.69) is 15.2 Å². The van der Waals surface area contributed by atoms with Crippen LogP contribution in [0.15, 0.2) is 36.7 Å². The number of alkyl halides is 2. The van der Waals surface area contributed by atoms with Crippen molar-refractivity contribution in [2.24, 2.45) is 0 Å². The molecule has 1 amide bonds. The first kappa shape index (κ1) is 23.7. The molecule has 0 unspecified atom stereocenters. The number of ether oxygens (including phenoxy) is 3. The molecule has 0 aliphatic heterocycles. The van der Waals surface area contributed by atoms with Crippen molar-refractivity contribution in [1.82, 2.24) is 19.6 Å². The number of methoxy groups -OCH3 is 1. The Kier molecular flexibility index (Phi) is 7.16. The Balaban J connectivity index is 1.64. The number of benzene rings is 1. The molecule has 0 radical (unpaired) electrons. The molecule has 0 bridgehead atoms. The minimum absolute atomic E-state index is 0.0503. The van der Waals surface area contributed by atoms with Crippen molar-refractivity contribution in [3.05, 3.63) is 42.2 Å². The zero-order chi connectivity index (χ0) is 24.2. The molecule has 1 aliphatic rings. The topological polar surface area (TPSA) is 77.3 Å². The minimum atomic E-state index is -3.10. The molecule has 0 atom stereocenters. The Morgan fingerprint density at radius 2 is 2.03 bits per heavy atom. The van der Waals surface area contributed by atoms with Crippen molar-refractivity contribution in [2.45, 2.75) is 31.9 Å². The molecule has 4 rings (SSSR count). The summed E-state index contributed by atoms with van der Waals surface area (Å²) in [4.78, 5) is 19.2. The van der Waals surface area contributed by atoms with Crippen LogP contribution in [0.5, 0.6) is 17.2 Å². The molecule has 1 saturated carbocycles. The highest BCUT2D eigenvalue weighted by Gasteiger charge is 2.29. The van der Waals surface area contributed by atoms with Gasteiger partial charge in [0.25, 0.3) is 5.91 Å². The smallest absolute Gasteiger partial charge is 0.387 e. The second kappa shape index (κ2) is 10.3. The van der Waals surface area contributed by atoms with Gasteiger partial charge in [-0.3, -0.25) is 9.20 Å². The molecule has 2 heterocycles. The summed E-state index contributed by atoms with van der Waals surface area (Å²) in [6, 6.07) is 6.71. The van der Waals surface area contributed by atoms with Gasteiger partial charge in [-0.2, -0.15) is 8.78 Å². The minimum Gasteiger partial charge on any atom is -0.496 e. The van der Waals surface area contributed by atoms with Crippen LogP contribution in [0.25, 0.3) is 16.9 Å². The molecular formula is C24H28F2N4O4. The molecular weight excluding hydrogens is 446 g/mol. The van der Waals surface area contributed by atoms with E-state index in [-0.39, 0.29) is 23.1 Å². The first-order chi connectivity index (χ1) is 16.4. The molecule has 1 aromatic carbocycles. The molecule has 2 aromatic heterocycles. The lowest BCUT2D eigenvalue weighted by atomic mass is 10.1. The summed E-state index contributed by atoms with van der Waals surface area (Å²) in [5, 5.41) is 2.80. The molecule has 1 aliphatic carbocycles. The van der Waals surface area contributed by atoms with E-state index < -0.39 is 12.5 Å². The van der Waals surface area contributed by atoms with Gasteiger partial charge >= 0.3 is 6.61 Å². The number of carbonyl (C=O) groups excluding carboxylic acids is 1. The van der Waals surface area contributed by atoms with Gasteiger partial charge in [0.1, 0.15) is 28.5 Å². The van der Waals surface area contributed by atoms with Crippen molar-refractivity contribution in [2.75, 3.05) is 34.4 Å². The second-order valence-electron chi connectivity index (χ2n) is 8.42. The molecule has 34 heavy (non-hydrogen) atoms. The Hall–Kier alpha value is -3.40. The zero-order valence-corrected chi connectivity index (χ0v) is 19.4. The van der Waals surface area contributed by atoms with Crippen LogP contribution < -0.4 is 19.5 Å². The third-order valence-corrected chi connectivity index (χ3v) is 5.44. The van der Waals surface area contributed by atoms with Crippen molar-refractivity contribution < 1.29 is 27.8 Å². The van der Waals surface area contributed by atoms with Crippen LogP contribution in [0, 0.1) is 0 Å². The number of rotatable bonds is 11.